The largest absolute Gasteiger partial charge is 0.481 e. The molecule has 0 aliphatic heterocycles. The number of rotatable bonds is 7. The highest BCUT2D eigenvalue weighted by molar-refractivity contribution is 5.83. The highest BCUT2D eigenvalue weighted by Gasteiger charge is 2.13. The fraction of sp³-hybridized carbons (Fsp3) is 0.727. The summed E-state index contributed by atoms with van der Waals surface area (Å²) in [5, 5.41) is 11.0. The van der Waals surface area contributed by atoms with Crippen LogP contribution in [0.3, 0.4) is 0 Å². The lowest BCUT2D eigenvalue weighted by Gasteiger charge is -2.19. The number of carbonyl (C=O) groups is 3. The zero-order valence-corrected chi connectivity index (χ0v) is 11.1. The van der Waals surface area contributed by atoms with Crippen molar-refractivity contribution in [2.45, 2.75) is 19.3 Å². The zero-order valence-electron chi connectivity index (χ0n) is 11.1. The van der Waals surface area contributed by atoms with Crippen molar-refractivity contribution in [2.75, 3.05) is 34.2 Å². The van der Waals surface area contributed by atoms with E-state index < -0.39 is 5.97 Å². The van der Waals surface area contributed by atoms with E-state index in [9.17, 15) is 14.4 Å². The molecule has 0 aliphatic carbocycles. The average molecular weight is 259 g/mol. The molecule has 2 N–H and O–H groups in total. The topological polar surface area (TPSA) is 90.0 Å². The van der Waals surface area contributed by atoms with Crippen LogP contribution >= 0.6 is 0 Å². The molecule has 0 bridgehead atoms. The SMILES string of the molecule is CN(C)C(=O)CN(C)C(=O)NCCCCC(=O)O. The first kappa shape index (κ1) is 16.2. The van der Waals surface area contributed by atoms with Gasteiger partial charge in [0.2, 0.25) is 5.91 Å². The fourth-order valence-electron chi connectivity index (χ4n) is 1.15. The van der Waals surface area contributed by atoms with Gasteiger partial charge in [0.05, 0.1) is 0 Å². The second-order valence-corrected chi connectivity index (χ2v) is 4.23. The number of nitrogens with one attached hydrogen (secondary N) is 1. The third-order valence-corrected chi connectivity index (χ3v) is 2.31. The summed E-state index contributed by atoms with van der Waals surface area (Å²) >= 11 is 0. The number of hydrogen-bond donors (Lipinski definition) is 2. The van der Waals surface area contributed by atoms with Crippen molar-refractivity contribution in [2.24, 2.45) is 0 Å². The lowest BCUT2D eigenvalue weighted by molar-refractivity contribution is -0.137. The van der Waals surface area contributed by atoms with Crippen LogP contribution in [0.2, 0.25) is 0 Å². The first-order valence-corrected chi connectivity index (χ1v) is 5.75. The number of urea groups is 1. The Labute approximate surface area is 107 Å². The summed E-state index contributed by atoms with van der Waals surface area (Å²) in [7, 11) is 4.79. The molecule has 18 heavy (non-hydrogen) atoms. The highest BCUT2D eigenvalue weighted by Crippen LogP contribution is 1.94. The van der Waals surface area contributed by atoms with Gasteiger partial charge in [0.15, 0.2) is 0 Å². The maximum absolute atomic E-state index is 11.5. The summed E-state index contributed by atoms with van der Waals surface area (Å²) in [5.74, 6) is -0.992. The minimum Gasteiger partial charge on any atom is -0.481 e. The van der Waals surface area contributed by atoms with Crippen LogP contribution in [0.5, 0.6) is 0 Å². The van der Waals surface area contributed by atoms with Crippen molar-refractivity contribution in [3.8, 4) is 0 Å². The number of amides is 3. The molecule has 0 rings (SSSR count). The molecule has 0 aromatic carbocycles. The zero-order chi connectivity index (χ0) is 14.1. The van der Waals surface area contributed by atoms with Crippen LogP contribution < -0.4 is 5.32 Å². The van der Waals surface area contributed by atoms with Gasteiger partial charge in [-0.25, -0.2) is 4.79 Å². The number of unbranched alkanes of at least 4 members (excludes halogenated alkanes) is 1. The van der Waals surface area contributed by atoms with Crippen LogP contribution in [-0.4, -0.2) is 67.0 Å². The van der Waals surface area contributed by atoms with E-state index >= 15 is 0 Å². The van der Waals surface area contributed by atoms with Gasteiger partial charge in [-0.3, -0.25) is 9.59 Å². The summed E-state index contributed by atoms with van der Waals surface area (Å²) in [6.07, 6.45) is 1.23. The first-order chi connectivity index (χ1) is 8.34. The quantitative estimate of drug-likeness (QED) is 0.628. The summed E-state index contributed by atoms with van der Waals surface area (Å²) in [6.45, 7) is 0.431. The van der Waals surface area contributed by atoms with Crippen LogP contribution in [-0.2, 0) is 9.59 Å². The molecule has 104 valence electrons. The van der Waals surface area contributed by atoms with Crippen LogP contribution in [0.4, 0.5) is 4.79 Å². The molecule has 3 amide bonds. The third-order valence-electron chi connectivity index (χ3n) is 2.31. The maximum atomic E-state index is 11.5. The molecular weight excluding hydrogens is 238 g/mol. The van der Waals surface area contributed by atoms with Crippen molar-refractivity contribution in [1.82, 2.24) is 15.1 Å². The van der Waals surface area contributed by atoms with E-state index in [0.717, 1.165) is 0 Å². The molecule has 0 aliphatic rings. The first-order valence-electron chi connectivity index (χ1n) is 5.75. The van der Waals surface area contributed by atoms with Gasteiger partial charge in [-0.05, 0) is 12.8 Å². The molecule has 0 unspecified atom stereocenters. The Bertz CT molecular complexity index is 305. The van der Waals surface area contributed by atoms with Gasteiger partial charge in [-0.1, -0.05) is 0 Å². The van der Waals surface area contributed by atoms with Crippen LogP contribution in [0.1, 0.15) is 19.3 Å². The van der Waals surface area contributed by atoms with E-state index in [-0.39, 0.29) is 24.9 Å². The summed E-state index contributed by atoms with van der Waals surface area (Å²) in [5.41, 5.74) is 0. The van der Waals surface area contributed by atoms with E-state index in [0.29, 0.717) is 19.4 Å². The Morgan fingerprint density at radius 1 is 1.11 bits per heavy atom. The Morgan fingerprint density at radius 3 is 2.22 bits per heavy atom. The van der Waals surface area contributed by atoms with Crippen molar-refractivity contribution < 1.29 is 19.5 Å². The molecule has 0 heterocycles. The number of likely N-dealkylation sites (N-methyl/N-ethyl adjacent to an activating group) is 2. The van der Waals surface area contributed by atoms with E-state index in [1.807, 2.05) is 0 Å². The second kappa shape index (κ2) is 8.32. The summed E-state index contributed by atoms with van der Waals surface area (Å²) in [6, 6.07) is -0.333. The van der Waals surface area contributed by atoms with E-state index in [1.165, 1.54) is 16.8 Å². The van der Waals surface area contributed by atoms with Crippen molar-refractivity contribution in [3.05, 3.63) is 0 Å². The number of carboxylic acids is 1. The number of hydrogen-bond acceptors (Lipinski definition) is 3. The molecule has 0 saturated heterocycles. The Balaban J connectivity index is 3.75. The van der Waals surface area contributed by atoms with Gasteiger partial charge in [0.25, 0.3) is 0 Å². The van der Waals surface area contributed by atoms with Gasteiger partial charge >= 0.3 is 12.0 Å². The number of nitrogens with zero attached hydrogens (tertiary/aromatic N) is 2. The predicted molar refractivity (Wildman–Crippen MR) is 66.2 cm³/mol. The van der Waals surface area contributed by atoms with Gasteiger partial charge < -0.3 is 20.2 Å². The van der Waals surface area contributed by atoms with Gasteiger partial charge in [0.1, 0.15) is 6.54 Å². The predicted octanol–water partition coefficient (Wildman–Crippen LogP) is -0.0291. The molecule has 0 fully saturated rings. The van der Waals surface area contributed by atoms with Gasteiger partial charge in [-0.2, -0.15) is 0 Å². The maximum Gasteiger partial charge on any atom is 0.317 e. The smallest absolute Gasteiger partial charge is 0.317 e. The van der Waals surface area contributed by atoms with Crippen LogP contribution in [0, 0.1) is 0 Å². The second-order valence-electron chi connectivity index (χ2n) is 4.23. The average Bonchev–Trinajstić information content (AvgIpc) is 2.27. The third kappa shape index (κ3) is 7.48. The lowest BCUT2D eigenvalue weighted by Crippen LogP contribution is -2.43. The molecule has 0 aromatic heterocycles. The number of aliphatic carboxylic acids is 1. The van der Waals surface area contributed by atoms with E-state index in [4.69, 9.17) is 5.11 Å². The molecule has 0 spiro atoms. The fourth-order valence-corrected chi connectivity index (χ4v) is 1.15. The van der Waals surface area contributed by atoms with Crippen molar-refractivity contribution in [1.29, 1.82) is 0 Å². The normalized spacial score (nSPS) is 9.72. The van der Waals surface area contributed by atoms with Crippen molar-refractivity contribution >= 4 is 17.9 Å². The van der Waals surface area contributed by atoms with E-state index in [2.05, 4.69) is 5.32 Å². The molecule has 0 aromatic rings. The molecule has 0 atom stereocenters. The van der Waals surface area contributed by atoms with Crippen LogP contribution in [0.25, 0.3) is 0 Å². The standard InChI is InChI=1S/C11H21N3O4/c1-13(2)9(15)8-14(3)11(18)12-7-5-4-6-10(16)17/h4-8H2,1-3H3,(H,12,18)(H,16,17). The molecule has 0 radical (unpaired) electrons. The lowest BCUT2D eigenvalue weighted by atomic mass is 10.2. The summed E-state index contributed by atoms with van der Waals surface area (Å²) < 4.78 is 0. The number of carboxylic acid groups (broad SMARTS) is 1. The molecule has 0 saturated carbocycles. The summed E-state index contributed by atoms with van der Waals surface area (Å²) in [4.78, 5) is 35.8. The van der Waals surface area contributed by atoms with Crippen molar-refractivity contribution in [3.63, 3.8) is 0 Å². The Morgan fingerprint density at radius 2 is 1.72 bits per heavy atom. The molecular formula is C11H21N3O4. The minimum atomic E-state index is -0.838. The Kier molecular flexibility index (Phi) is 7.50. The highest BCUT2D eigenvalue weighted by atomic mass is 16.4. The monoisotopic (exact) mass is 259 g/mol. The van der Waals surface area contributed by atoms with Gasteiger partial charge in [-0.15, -0.1) is 0 Å². The minimum absolute atomic E-state index is 0.0218. The molecule has 7 nitrogen and oxygen atoms in total. The van der Waals surface area contributed by atoms with Crippen LogP contribution in [0.15, 0.2) is 0 Å². The number of carbonyl (C=O) groups excluding carboxylic acids is 2. The Hall–Kier alpha value is -1.79. The van der Waals surface area contributed by atoms with E-state index in [1.54, 1.807) is 14.1 Å². The molecule has 7 heteroatoms. The van der Waals surface area contributed by atoms with Gasteiger partial charge in [0, 0.05) is 34.1 Å².